The van der Waals surface area contributed by atoms with Crippen molar-refractivity contribution >= 4 is 5.91 Å². The number of rotatable bonds is 5. The number of hydrogen-bond acceptors (Lipinski definition) is 2. The van der Waals surface area contributed by atoms with Gasteiger partial charge in [0, 0.05) is 5.70 Å². The van der Waals surface area contributed by atoms with Gasteiger partial charge in [-0.15, -0.1) is 0 Å². The third-order valence-corrected chi connectivity index (χ3v) is 1.47. The Morgan fingerprint density at radius 3 is 2.33 bits per heavy atom. The van der Waals surface area contributed by atoms with Crippen molar-refractivity contribution in [2.24, 2.45) is 11.7 Å². The smallest absolute Gasteiger partial charge is 0.239 e. The van der Waals surface area contributed by atoms with E-state index < -0.39 is 0 Å². The monoisotopic (exact) mass is 170 g/mol. The highest BCUT2D eigenvalue weighted by Crippen LogP contribution is 2.05. The van der Waals surface area contributed by atoms with Crippen LogP contribution in [0.25, 0.3) is 0 Å². The van der Waals surface area contributed by atoms with Gasteiger partial charge in [0.25, 0.3) is 0 Å². The molecule has 3 nitrogen and oxygen atoms in total. The van der Waals surface area contributed by atoms with Crippen molar-refractivity contribution in [1.82, 2.24) is 5.32 Å². The maximum atomic E-state index is 10.9. The van der Waals surface area contributed by atoms with E-state index in [0.29, 0.717) is 5.92 Å². The molecule has 1 amide bonds. The molecule has 1 atom stereocenters. The number of carbonyl (C=O) groups excluding carboxylic acids is 1. The van der Waals surface area contributed by atoms with E-state index in [-0.39, 0.29) is 11.9 Å². The van der Waals surface area contributed by atoms with Crippen LogP contribution in [0.1, 0.15) is 27.2 Å². The first-order chi connectivity index (χ1) is 5.43. The Hall–Kier alpha value is -0.990. The van der Waals surface area contributed by atoms with Crippen molar-refractivity contribution in [2.75, 3.05) is 0 Å². The lowest BCUT2D eigenvalue weighted by Gasteiger charge is -2.17. The van der Waals surface area contributed by atoms with Crippen LogP contribution in [-0.2, 0) is 4.79 Å². The van der Waals surface area contributed by atoms with Crippen molar-refractivity contribution in [1.29, 1.82) is 0 Å². The van der Waals surface area contributed by atoms with Crippen LogP contribution in [-0.4, -0.2) is 11.9 Å². The van der Waals surface area contributed by atoms with Crippen molar-refractivity contribution in [3.8, 4) is 0 Å². The van der Waals surface area contributed by atoms with E-state index in [0.717, 1.165) is 12.1 Å². The topological polar surface area (TPSA) is 55.1 Å². The fraction of sp³-hybridized carbons (Fsp3) is 0.667. The zero-order chi connectivity index (χ0) is 9.72. The van der Waals surface area contributed by atoms with Crippen LogP contribution in [0.4, 0.5) is 0 Å². The number of amides is 1. The van der Waals surface area contributed by atoms with Gasteiger partial charge in [-0.2, -0.15) is 0 Å². The zero-order valence-electron chi connectivity index (χ0n) is 8.05. The number of nitrogens with two attached hydrogens (primary N) is 1. The van der Waals surface area contributed by atoms with Crippen LogP contribution >= 0.6 is 0 Å². The predicted octanol–water partition coefficient (Wildman–Crippen LogP) is 1.01. The predicted molar refractivity (Wildman–Crippen MR) is 50.4 cm³/mol. The average molecular weight is 170 g/mol. The summed E-state index contributed by atoms with van der Waals surface area (Å²) in [6, 6.07) is -0.275. The molecule has 3 heteroatoms. The fourth-order valence-electron chi connectivity index (χ4n) is 1.02. The van der Waals surface area contributed by atoms with Gasteiger partial charge in [-0.3, -0.25) is 4.79 Å². The quantitative estimate of drug-likeness (QED) is 0.647. The molecule has 0 saturated heterocycles. The first kappa shape index (κ1) is 11.0. The SMILES string of the molecule is C=C(C)NC(CC(C)C)C(N)=O. The molecule has 0 aliphatic heterocycles. The number of hydrogen-bond donors (Lipinski definition) is 2. The molecule has 3 N–H and O–H groups in total. The molecule has 0 aromatic rings. The van der Waals surface area contributed by atoms with Crippen LogP contribution < -0.4 is 11.1 Å². The first-order valence-electron chi connectivity index (χ1n) is 4.14. The second kappa shape index (κ2) is 4.80. The lowest BCUT2D eigenvalue weighted by Crippen LogP contribution is -2.41. The minimum absolute atomic E-state index is 0.275. The van der Waals surface area contributed by atoms with Crippen LogP contribution in [0.3, 0.4) is 0 Å². The third kappa shape index (κ3) is 4.77. The van der Waals surface area contributed by atoms with Gasteiger partial charge >= 0.3 is 0 Å². The maximum Gasteiger partial charge on any atom is 0.239 e. The third-order valence-electron chi connectivity index (χ3n) is 1.47. The van der Waals surface area contributed by atoms with Gasteiger partial charge in [-0.25, -0.2) is 0 Å². The number of primary amides is 1. The van der Waals surface area contributed by atoms with Crippen LogP contribution in [0.2, 0.25) is 0 Å². The van der Waals surface area contributed by atoms with E-state index in [1.54, 1.807) is 0 Å². The molecule has 0 fully saturated rings. The van der Waals surface area contributed by atoms with Crippen molar-refractivity contribution in [3.63, 3.8) is 0 Å². The molecule has 0 saturated carbocycles. The maximum absolute atomic E-state index is 10.9. The summed E-state index contributed by atoms with van der Waals surface area (Å²) in [7, 11) is 0. The van der Waals surface area contributed by atoms with E-state index >= 15 is 0 Å². The van der Waals surface area contributed by atoms with Crippen molar-refractivity contribution < 1.29 is 4.79 Å². The summed E-state index contributed by atoms with van der Waals surface area (Å²) in [6.45, 7) is 9.58. The zero-order valence-corrected chi connectivity index (χ0v) is 8.05. The van der Waals surface area contributed by atoms with Gasteiger partial charge in [-0.05, 0) is 19.3 Å². The summed E-state index contributed by atoms with van der Waals surface area (Å²) in [5, 5.41) is 2.94. The van der Waals surface area contributed by atoms with Crippen LogP contribution in [0.5, 0.6) is 0 Å². The lowest BCUT2D eigenvalue weighted by atomic mass is 10.0. The lowest BCUT2D eigenvalue weighted by molar-refractivity contribution is -0.120. The average Bonchev–Trinajstić information content (AvgIpc) is 1.83. The first-order valence-corrected chi connectivity index (χ1v) is 4.14. The molecule has 0 aromatic carbocycles. The minimum Gasteiger partial charge on any atom is -0.378 e. The molecule has 0 rings (SSSR count). The summed E-state index contributed by atoms with van der Waals surface area (Å²) in [4.78, 5) is 10.9. The van der Waals surface area contributed by atoms with Gasteiger partial charge in [0.1, 0.15) is 6.04 Å². The summed E-state index contributed by atoms with van der Waals surface area (Å²) in [5.41, 5.74) is 5.97. The number of nitrogens with one attached hydrogen (secondary N) is 1. The molecule has 0 spiro atoms. The molecule has 1 unspecified atom stereocenters. The number of carbonyl (C=O) groups is 1. The summed E-state index contributed by atoms with van der Waals surface area (Å²) in [5.74, 6) is 0.140. The van der Waals surface area contributed by atoms with Gasteiger partial charge in [0.2, 0.25) is 5.91 Å². The molecule has 0 bridgehead atoms. The molecule has 70 valence electrons. The molecule has 12 heavy (non-hydrogen) atoms. The largest absolute Gasteiger partial charge is 0.378 e. The van der Waals surface area contributed by atoms with E-state index in [1.165, 1.54) is 0 Å². The van der Waals surface area contributed by atoms with Gasteiger partial charge < -0.3 is 11.1 Å². The highest BCUT2D eigenvalue weighted by atomic mass is 16.1. The highest BCUT2D eigenvalue weighted by molar-refractivity contribution is 5.80. The molecule has 0 radical (unpaired) electrons. The molecule has 0 aliphatic rings. The Kier molecular flexibility index (Phi) is 4.40. The molecular weight excluding hydrogens is 152 g/mol. The summed E-state index contributed by atoms with van der Waals surface area (Å²) < 4.78 is 0. The van der Waals surface area contributed by atoms with Crippen LogP contribution in [0.15, 0.2) is 12.3 Å². The normalized spacial score (nSPS) is 12.7. The highest BCUT2D eigenvalue weighted by Gasteiger charge is 2.15. The second-order valence-electron chi connectivity index (χ2n) is 3.51. The Morgan fingerprint density at radius 1 is 1.58 bits per heavy atom. The molecule has 0 aromatic heterocycles. The molecule has 0 heterocycles. The Bertz CT molecular complexity index is 175. The van der Waals surface area contributed by atoms with Gasteiger partial charge in [0.05, 0.1) is 0 Å². The Morgan fingerprint density at radius 2 is 2.08 bits per heavy atom. The number of allylic oxidation sites excluding steroid dienone is 1. The summed E-state index contributed by atoms with van der Waals surface area (Å²) in [6.07, 6.45) is 0.752. The Balaban J connectivity index is 4.04. The standard InChI is InChI=1S/C9H18N2O/c1-6(2)5-8(9(10)12)11-7(3)4/h6,8,11H,3,5H2,1-2,4H3,(H2,10,12). The van der Waals surface area contributed by atoms with E-state index in [9.17, 15) is 4.79 Å². The van der Waals surface area contributed by atoms with Crippen molar-refractivity contribution in [2.45, 2.75) is 33.2 Å². The van der Waals surface area contributed by atoms with Gasteiger partial charge in [-0.1, -0.05) is 20.4 Å². The van der Waals surface area contributed by atoms with Crippen molar-refractivity contribution in [3.05, 3.63) is 12.3 Å². The van der Waals surface area contributed by atoms with Crippen LogP contribution in [0, 0.1) is 5.92 Å². The molecule has 0 aliphatic carbocycles. The van der Waals surface area contributed by atoms with E-state index in [2.05, 4.69) is 25.7 Å². The second-order valence-corrected chi connectivity index (χ2v) is 3.51. The Labute approximate surface area is 74.0 Å². The van der Waals surface area contributed by atoms with E-state index in [4.69, 9.17) is 5.73 Å². The fourth-order valence-corrected chi connectivity index (χ4v) is 1.02. The van der Waals surface area contributed by atoms with E-state index in [1.807, 2.05) is 6.92 Å². The molecular formula is C9H18N2O. The minimum atomic E-state index is -0.313. The van der Waals surface area contributed by atoms with Gasteiger partial charge in [0.15, 0.2) is 0 Å². The summed E-state index contributed by atoms with van der Waals surface area (Å²) >= 11 is 0.